The second-order valence-electron chi connectivity index (χ2n) is 5.81. The van der Waals surface area contributed by atoms with E-state index in [1.807, 2.05) is 24.3 Å². The Labute approximate surface area is 134 Å². The smallest absolute Gasteiger partial charge is 0.434 e. The van der Waals surface area contributed by atoms with Gasteiger partial charge in [-0.25, -0.2) is 4.79 Å². The number of amides is 1. The zero-order valence-electron chi connectivity index (χ0n) is 12.5. The van der Waals surface area contributed by atoms with E-state index in [2.05, 4.69) is 24.3 Å². The molecule has 2 aromatic carbocycles. The van der Waals surface area contributed by atoms with Gasteiger partial charge in [0.15, 0.2) is 0 Å². The molecular weight excluding hydrogens is 294 g/mol. The first-order chi connectivity index (χ1) is 11.2. The molecule has 0 saturated carbocycles. The molecule has 5 nitrogen and oxygen atoms in total. The molecule has 1 atom stereocenters. The molecule has 23 heavy (non-hydrogen) atoms. The molecule has 0 radical (unpaired) electrons. The summed E-state index contributed by atoms with van der Waals surface area (Å²) in [4.78, 5) is 17.1. The zero-order chi connectivity index (χ0) is 15.8. The summed E-state index contributed by atoms with van der Waals surface area (Å²) in [5, 5.41) is 10.5. The van der Waals surface area contributed by atoms with Gasteiger partial charge in [-0.3, -0.25) is 4.84 Å². The third kappa shape index (κ3) is 2.48. The molecule has 118 valence electrons. The Kier molecular flexibility index (Phi) is 3.52. The van der Waals surface area contributed by atoms with Gasteiger partial charge in [-0.2, -0.15) is 5.06 Å². The van der Waals surface area contributed by atoms with Crippen LogP contribution in [0.5, 0.6) is 0 Å². The van der Waals surface area contributed by atoms with Crippen LogP contribution in [0.3, 0.4) is 0 Å². The molecule has 2 aliphatic rings. The number of carbonyl (C=O) groups is 1. The number of hydrogen-bond acceptors (Lipinski definition) is 4. The Morgan fingerprint density at radius 3 is 2.30 bits per heavy atom. The molecule has 0 aromatic heterocycles. The van der Waals surface area contributed by atoms with Gasteiger partial charge in [-0.1, -0.05) is 48.5 Å². The summed E-state index contributed by atoms with van der Waals surface area (Å²) in [5.74, 6) is 0.0267. The van der Waals surface area contributed by atoms with Crippen molar-refractivity contribution in [1.82, 2.24) is 5.06 Å². The largest absolute Gasteiger partial charge is 0.447 e. The number of hydrogen-bond donors (Lipinski definition) is 1. The van der Waals surface area contributed by atoms with Crippen LogP contribution in [0.4, 0.5) is 4.79 Å². The lowest BCUT2D eigenvalue weighted by molar-refractivity contribution is -0.0924. The monoisotopic (exact) mass is 311 g/mol. The van der Waals surface area contributed by atoms with E-state index in [0.29, 0.717) is 0 Å². The summed E-state index contributed by atoms with van der Waals surface area (Å²) in [6.07, 6.45) is -1.20. The lowest BCUT2D eigenvalue weighted by atomic mass is 9.98. The molecule has 1 N–H and O–H groups in total. The highest BCUT2D eigenvalue weighted by Gasteiger charge is 2.31. The van der Waals surface area contributed by atoms with Gasteiger partial charge < -0.3 is 9.84 Å². The number of carbonyl (C=O) groups excluding carboxylic acids is 1. The Hall–Kier alpha value is -2.37. The van der Waals surface area contributed by atoms with Crippen LogP contribution in [0.25, 0.3) is 11.1 Å². The summed E-state index contributed by atoms with van der Waals surface area (Å²) in [5.41, 5.74) is 4.72. The second kappa shape index (κ2) is 5.68. The molecular formula is C18H17NO4. The van der Waals surface area contributed by atoms with Crippen molar-refractivity contribution in [3.63, 3.8) is 0 Å². The molecule has 0 spiro atoms. The predicted molar refractivity (Wildman–Crippen MR) is 83.7 cm³/mol. The Morgan fingerprint density at radius 1 is 1.13 bits per heavy atom. The van der Waals surface area contributed by atoms with Crippen LogP contribution in [0.1, 0.15) is 17.0 Å². The minimum atomic E-state index is -0.643. The minimum absolute atomic E-state index is 0.0267. The van der Waals surface area contributed by atoms with E-state index < -0.39 is 12.2 Å². The lowest BCUT2D eigenvalue weighted by Gasteiger charge is -2.17. The lowest BCUT2D eigenvalue weighted by Crippen LogP contribution is -2.30. The number of nitrogens with zero attached hydrogens (tertiary/aromatic N) is 1. The Morgan fingerprint density at radius 2 is 1.74 bits per heavy atom. The molecule has 1 fully saturated rings. The van der Waals surface area contributed by atoms with Crippen molar-refractivity contribution in [2.45, 2.75) is 12.0 Å². The molecule has 0 bridgehead atoms. The first-order valence-corrected chi connectivity index (χ1v) is 7.67. The van der Waals surface area contributed by atoms with Crippen molar-refractivity contribution in [3.8, 4) is 11.1 Å². The van der Waals surface area contributed by atoms with E-state index >= 15 is 0 Å². The van der Waals surface area contributed by atoms with Gasteiger partial charge in [-0.15, -0.1) is 0 Å². The van der Waals surface area contributed by atoms with E-state index in [4.69, 9.17) is 9.57 Å². The molecule has 4 rings (SSSR count). The van der Waals surface area contributed by atoms with Crippen molar-refractivity contribution >= 4 is 6.09 Å². The van der Waals surface area contributed by atoms with Crippen LogP contribution >= 0.6 is 0 Å². The van der Waals surface area contributed by atoms with Crippen LogP contribution < -0.4 is 0 Å². The highest BCUT2D eigenvalue weighted by molar-refractivity contribution is 5.79. The third-order valence-electron chi connectivity index (χ3n) is 4.34. The molecule has 5 heteroatoms. The summed E-state index contributed by atoms with van der Waals surface area (Å²) in [7, 11) is 0. The standard InChI is InChI=1S/C18H17NO4/c20-12-9-19(23-10-12)18(21)22-11-17-15-7-3-1-5-13(15)14-6-2-4-8-16(14)17/h1-8,12,17,20H,9-11H2/t12-/m0/s1. The van der Waals surface area contributed by atoms with Gasteiger partial charge in [0.1, 0.15) is 19.3 Å². The van der Waals surface area contributed by atoms with E-state index in [1.165, 1.54) is 22.3 Å². The summed E-state index contributed by atoms with van der Waals surface area (Å²) >= 11 is 0. The summed E-state index contributed by atoms with van der Waals surface area (Å²) in [6, 6.07) is 16.4. The Bertz CT molecular complexity index is 700. The number of aliphatic hydroxyl groups is 1. The third-order valence-corrected chi connectivity index (χ3v) is 4.34. The second-order valence-corrected chi connectivity index (χ2v) is 5.81. The maximum absolute atomic E-state index is 12.0. The average Bonchev–Trinajstić information content (AvgIpc) is 3.15. The number of ether oxygens (including phenoxy) is 1. The van der Waals surface area contributed by atoms with Gasteiger partial charge in [-0.05, 0) is 22.3 Å². The minimum Gasteiger partial charge on any atom is -0.447 e. The highest BCUT2D eigenvalue weighted by atomic mass is 16.7. The fourth-order valence-corrected chi connectivity index (χ4v) is 3.27. The maximum Gasteiger partial charge on any atom is 0.434 e. The topological polar surface area (TPSA) is 59.0 Å². The molecule has 1 heterocycles. The molecule has 1 aliphatic heterocycles. The molecule has 0 unspecified atom stereocenters. The van der Waals surface area contributed by atoms with Gasteiger partial charge in [0.25, 0.3) is 0 Å². The van der Waals surface area contributed by atoms with Crippen LogP contribution in [0.2, 0.25) is 0 Å². The molecule has 1 amide bonds. The number of hydroxylamine groups is 2. The van der Waals surface area contributed by atoms with Crippen LogP contribution in [-0.4, -0.2) is 42.1 Å². The fourth-order valence-electron chi connectivity index (χ4n) is 3.27. The van der Waals surface area contributed by atoms with E-state index in [1.54, 1.807) is 0 Å². The number of benzene rings is 2. The number of fused-ring (bicyclic) bond motifs is 3. The van der Waals surface area contributed by atoms with Gasteiger partial charge >= 0.3 is 6.09 Å². The highest BCUT2D eigenvalue weighted by Crippen LogP contribution is 2.44. The fraction of sp³-hybridized carbons (Fsp3) is 0.278. The van der Waals surface area contributed by atoms with Crippen LogP contribution in [0.15, 0.2) is 48.5 Å². The maximum atomic E-state index is 12.0. The van der Waals surface area contributed by atoms with Crippen LogP contribution in [-0.2, 0) is 9.57 Å². The van der Waals surface area contributed by atoms with E-state index in [0.717, 1.165) is 5.06 Å². The van der Waals surface area contributed by atoms with Crippen molar-refractivity contribution in [1.29, 1.82) is 0 Å². The van der Waals surface area contributed by atoms with Crippen molar-refractivity contribution < 1.29 is 19.5 Å². The SMILES string of the molecule is O=C(OCC1c2ccccc2-c2ccccc21)N1C[C@H](O)CO1. The average molecular weight is 311 g/mol. The quantitative estimate of drug-likeness (QED) is 0.926. The molecule has 2 aromatic rings. The van der Waals surface area contributed by atoms with Crippen molar-refractivity contribution in [3.05, 3.63) is 59.7 Å². The van der Waals surface area contributed by atoms with Gasteiger partial charge in [0.2, 0.25) is 0 Å². The summed E-state index contributed by atoms with van der Waals surface area (Å²) in [6.45, 7) is 0.531. The summed E-state index contributed by atoms with van der Waals surface area (Å²) < 4.78 is 5.42. The normalized spacial score (nSPS) is 19.5. The number of rotatable bonds is 2. The molecule has 1 aliphatic carbocycles. The zero-order valence-corrected chi connectivity index (χ0v) is 12.5. The Balaban J connectivity index is 1.54. The first-order valence-electron chi connectivity index (χ1n) is 7.67. The van der Waals surface area contributed by atoms with E-state index in [9.17, 15) is 9.90 Å². The van der Waals surface area contributed by atoms with Gasteiger partial charge in [0, 0.05) is 5.92 Å². The van der Waals surface area contributed by atoms with Crippen LogP contribution in [0, 0.1) is 0 Å². The number of aliphatic hydroxyl groups excluding tert-OH is 1. The molecule has 1 saturated heterocycles. The first kappa shape index (κ1) is 14.2. The van der Waals surface area contributed by atoms with Crippen molar-refractivity contribution in [2.24, 2.45) is 0 Å². The number of β-amino-alcohol motifs (C(OH)–C–C–N with tert-alkyl or cyclic N) is 1. The van der Waals surface area contributed by atoms with Gasteiger partial charge in [0.05, 0.1) is 6.54 Å². The van der Waals surface area contributed by atoms with Crippen molar-refractivity contribution in [2.75, 3.05) is 19.8 Å². The van der Waals surface area contributed by atoms with E-state index in [-0.39, 0.29) is 25.7 Å². The predicted octanol–water partition coefficient (Wildman–Crippen LogP) is 2.54.